The topological polar surface area (TPSA) is 100 Å². The van der Waals surface area contributed by atoms with Crippen LogP contribution in [0, 0.1) is 11.3 Å². The molecule has 4 fully saturated rings. The fraction of sp³-hybridized carbons (Fsp3) is 0.621. The number of para-hydroxylation sites is 1. The second-order valence-corrected chi connectivity index (χ2v) is 25.8. The van der Waals surface area contributed by atoms with Crippen LogP contribution in [0.1, 0.15) is 179 Å². The van der Waals surface area contributed by atoms with Crippen LogP contribution in [0.25, 0.3) is 0 Å². The molecule has 6 aliphatic rings. The summed E-state index contributed by atoms with van der Waals surface area (Å²) in [5, 5.41) is 16.3. The quantitative estimate of drug-likeness (QED) is 0.208. The van der Waals surface area contributed by atoms with Gasteiger partial charge in [0.1, 0.15) is 6.10 Å². The number of amides is 1. The van der Waals surface area contributed by atoms with Crippen LogP contribution in [0.5, 0.6) is 5.88 Å². The molecule has 10 heteroatoms. The van der Waals surface area contributed by atoms with Crippen LogP contribution >= 0.6 is 0 Å². The molecular weight excluding hydrogens is 937 g/mol. The van der Waals surface area contributed by atoms with E-state index in [1.54, 1.807) is 11.8 Å². The zero-order valence-electron chi connectivity index (χ0n) is 47.1. The Hall–Kier alpha value is -4.63. The number of hydrogen-bond acceptors (Lipinski definition) is 9. The highest BCUT2D eigenvalue weighted by atomic mass is 16.5. The number of pyridine rings is 1. The summed E-state index contributed by atoms with van der Waals surface area (Å²) in [6.45, 7) is 38.1. The van der Waals surface area contributed by atoms with Gasteiger partial charge in [-0.1, -0.05) is 101 Å². The number of carbonyl (C=O) groups is 1. The molecule has 10 rings (SSSR count). The molecule has 0 radical (unpaired) electrons. The van der Waals surface area contributed by atoms with Gasteiger partial charge >= 0.3 is 0 Å². The van der Waals surface area contributed by atoms with E-state index in [9.17, 15) is 10.1 Å². The maximum absolute atomic E-state index is 12.4. The van der Waals surface area contributed by atoms with Gasteiger partial charge < -0.3 is 15.4 Å². The van der Waals surface area contributed by atoms with Crippen molar-refractivity contribution in [1.82, 2.24) is 29.9 Å². The minimum absolute atomic E-state index is 0. The maximum Gasteiger partial charge on any atom is 0.235 e. The number of carbonyl (C=O) groups excluding carboxylic acids is 1. The first kappa shape index (κ1) is 63.9. The summed E-state index contributed by atoms with van der Waals surface area (Å²) in [6.07, 6.45) is 10.6. The molecule has 0 aliphatic carbocycles. The van der Waals surface area contributed by atoms with Gasteiger partial charge in [0.2, 0.25) is 11.8 Å². The molecule has 2 N–H and O–H groups in total. The van der Waals surface area contributed by atoms with E-state index in [2.05, 4.69) is 167 Å². The number of rotatable bonds is 3. The van der Waals surface area contributed by atoms with Crippen molar-refractivity contribution in [3.05, 3.63) is 126 Å². The fourth-order valence-corrected chi connectivity index (χ4v) is 12.2. The van der Waals surface area contributed by atoms with E-state index >= 15 is 0 Å². The number of aromatic nitrogens is 1. The lowest BCUT2D eigenvalue weighted by molar-refractivity contribution is -0.123. The van der Waals surface area contributed by atoms with Crippen molar-refractivity contribution in [3.63, 3.8) is 0 Å². The summed E-state index contributed by atoms with van der Waals surface area (Å²) >= 11 is 0. The SMILES string of the molecule is C.C.C.CC(C)(C)N1CCC(C#N)(c2ccccc2)CC1.CC(C)(C)N1CCC(Oc2ccccn2)CC1.CC(C)(C)N1CCC2(CC1)C(=O)Nc1ccccc12.CC(C)(C)N1CCC2(CC1)CNCc1ccccc12. The lowest BCUT2D eigenvalue weighted by Gasteiger charge is -2.49. The number of benzene rings is 3. The minimum Gasteiger partial charge on any atom is -0.474 e. The molecule has 1 amide bonds. The molecule has 4 aromatic rings. The molecule has 6 aliphatic heterocycles. The fourth-order valence-electron chi connectivity index (χ4n) is 12.2. The largest absolute Gasteiger partial charge is 0.474 e. The number of nitriles is 1. The molecular formula is C66H104N8O2. The molecule has 420 valence electrons. The number of nitrogens with zero attached hydrogens (tertiary/aromatic N) is 6. The van der Waals surface area contributed by atoms with E-state index in [4.69, 9.17) is 4.74 Å². The third-order valence-electron chi connectivity index (χ3n) is 17.1. The average molecular weight is 1040 g/mol. The molecule has 1 aromatic heterocycles. The normalized spacial score (nSPS) is 20.5. The third kappa shape index (κ3) is 15.3. The van der Waals surface area contributed by atoms with Gasteiger partial charge in [-0.15, -0.1) is 0 Å². The van der Waals surface area contributed by atoms with E-state index in [0.29, 0.717) is 17.1 Å². The first-order chi connectivity index (χ1) is 34.5. The van der Waals surface area contributed by atoms with Crippen molar-refractivity contribution in [2.75, 3.05) is 64.2 Å². The monoisotopic (exact) mass is 1040 g/mol. The summed E-state index contributed by atoms with van der Waals surface area (Å²) in [6, 6.07) is 35.8. The number of hydrogen-bond donors (Lipinski definition) is 2. The van der Waals surface area contributed by atoms with E-state index in [0.717, 1.165) is 102 Å². The molecule has 76 heavy (non-hydrogen) atoms. The van der Waals surface area contributed by atoms with Crippen molar-refractivity contribution in [1.29, 1.82) is 5.26 Å². The lowest BCUT2D eigenvalue weighted by atomic mass is 9.69. The Kier molecular flexibility index (Phi) is 22.2. The van der Waals surface area contributed by atoms with E-state index in [1.807, 2.05) is 54.6 Å². The predicted octanol–water partition coefficient (Wildman–Crippen LogP) is 13.7. The first-order valence-corrected chi connectivity index (χ1v) is 27.7. The van der Waals surface area contributed by atoms with Crippen LogP contribution in [0.3, 0.4) is 0 Å². The van der Waals surface area contributed by atoms with Crippen LogP contribution in [-0.2, 0) is 27.6 Å². The Labute approximate surface area is 463 Å². The molecule has 0 bridgehead atoms. The Morgan fingerprint density at radius 3 is 1.54 bits per heavy atom. The number of ether oxygens (including phenoxy) is 1. The highest BCUT2D eigenvalue weighted by molar-refractivity contribution is 6.06. The number of fused-ring (bicyclic) bond motifs is 4. The molecule has 3 aromatic carbocycles. The molecule has 7 heterocycles. The van der Waals surface area contributed by atoms with Crippen molar-refractivity contribution >= 4 is 11.6 Å². The van der Waals surface area contributed by atoms with Crippen molar-refractivity contribution in [2.24, 2.45) is 0 Å². The number of nitrogens with one attached hydrogen (secondary N) is 2. The maximum atomic E-state index is 12.4. The van der Waals surface area contributed by atoms with Crippen LogP contribution in [0.2, 0.25) is 0 Å². The van der Waals surface area contributed by atoms with Gasteiger partial charge in [0.15, 0.2) is 0 Å². The van der Waals surface area contributed by atoms with Crippen molar-refractivity contribution in [3.8, 4) is 11.9 Å². The Balaban J connectivity index is 0.000000216. The minimum atomic E-state index is -0.279. The predicted molar refractivity (Wildman–Crippen MR) is 321 cm³/mol. The molecule has 10 nitrogen and oxygen atoms in total. The van der Waals surface area contributed by atoms with E-state index in [1.165, 1.54) is 42.6 Å². The highest BCUT2D eigenvalue weighted by Gasteiger charge is 2.49. The van der Waals surface area contributed by atoms with E-state index in [-0.39, 0.29) is 55.6 Å². The van der Waals surface area contributed by atoms with Gasteiger partial charge in [0.05, 0.1) is 16.9 Å². The van der Waals surface area contributed by atoms with Crippen LogP contribution < -0.4 is 15.4 Å². The number of anilines is 1. The number of likely N-dealkylation sites (tertiary alicyclic amines) is 4. The Bertz CT molecular complexity index is 2410. The molecule has 2 spiro atoms. The third-order valence-corrected chi connectivity index (χ3v) is 17.1. The summed E-state index contributed by atoms with van der Waals surface area (Å²) in [7, 11) is 0. The summed E-state index contributed by atoms with van der Waals surface area (Å²) < 4.78 is 5.88. The summed E-state index contributed by atoms with van der Waals surface area (Å²) in [5.41, 5.74) is 7.33. The number of piperidine rings is 4. The van der Waals surface area contributed by atoms with Crippen LogP contribution in [0.4, 0.5) is 5.69 Å². The van der Waals surface area contributed by atoms with Crippen LogP contribution in [-0.4, -0.2) is 118 Å². The summed E-state index contributed by atoms with van der Waals surface area (Å²) in [5.74, 6) is 0.948. The van der Waals surface area contributed by atoms with Crippen molar-refractivity contribution in [2.45, 2.75) is 208 Å². The van der Waals surface area contributed by atoms with Gasteiger partial charge in [-0.05, 0) is 182 Å². The molecule has 0 atom stereocenters. The zero-order valence-corrected chi connectivity index (χ0v) is 47.1. The molecule has 4 saturated heterocycles. The molecule has 0 saturated carbocycles. The standard InChI is InChI=1S/C17H26N2.C16H22N2O.C16H22N2.C14H22N2O.3CH4/c1-16(2,3)19-10-8-17(9-11-19)13-18-12-14-6-4-5-7-15(14)17;1-15(2,3)18-10-8-16(9-11-18)12-6-4-5-7-13(12)17-14(16)19;1-15(2,3)18-11-9-16(13-17,10-12-18)14-7-5-4-6-8-14;1-14(2,3)16-10-7-12(8-11-16)17-13-6-4-5-9-15-13;;;/h4-7,18H,8-13H2,1-3H3;4-7H,8-11H2,1-3H3,(H,17,19);4-8H,9-12H2,1-3H3;4-6,9,12H,7-8,10-11H2,1-3H3;3*1H4. The highest BCUT2D eigenvalue weighted by Crippen LogP contribution is 2.46. The second kappa shape index (κ2) is 26.3. The molecule has 0 unspecified atom stereocenters. The zero-order chi connectivity index (χ0) is 52.7. The van der Waals surface area contributed by atoms with Crippen LogP contribution in [0.15, 0.2) is 103 Å². The second-order valence-electron chi connectivity index (χ2n) is 25.8. The van der Waals surface area contributed by atoms with Gasteiger partial charge in [-0.25, -0.2) is 4.98 Å². The Morgan fingerprint density at radius 2 is 1.03 bits per heavy atom. The van der Waals surface area contributed by atoms with Gasteiger partial charge in [0.25, 0.3) is 0 Å². The van der Waals surface area contributed by atoms with Gasteiger partial charge in [-0.3, -0.25) is 24.4 Å². The van der Waals surface area contributed by atoms with Gasteiger partial charge in [0, 0.05) is 97.9 Å². The van der Waals surface area contributed by atoms with Crippen molar-refractivity contribution < 1.29 is 9.53 Å². The van der Waals surface area contributed by atoms with E-state index < -0.39 is 0 Å². The lowest BCUT2D eigenvalue weighted by Crippen LogP contribution is -2.54. The average Bonchev–Trinajstić information content (AvgIpc) is 3.63. The summed E-state index contributed by atoms with van der Waals surface area (Å²) in [4.78, 5) is 26.7. The first-order valence-electron chi connectivity index (χ1n) is 27.7. The van der Waals surface area contributed by atoms with Gasteiger partial charge in [-0.2, -0.15) is 5.26 Å². The Morgan fingerprint density at radius 1 is 0.566 bits per heavy atom. The smallest absolute Gasteiger partial charge is 0.235 e.